The van der Waals surface area contributed by atoms with Gasteiger partial charge < -0.3 is 0 Å². The first-order valence-electron chi connectivity index (χ1n) is 6.15. The summed E-state index contributed by atoms with van der Waals surface area (Å²) in [5.41, 5.74) is 1.09. The molecule has 2 heterocycles. The van der Waals surface area contributed by atoms with Crippen LogP contribution >= 0.6 is 34.4 Å². The first kappa shape index (κ1) is 13.4. The third-order valence-electron chi connectivity index (χ3n) is 3.30. The Morgan fingerprint density at radius 1 is 1.47 bits per heavy atom. The van der Waals surface area contributed by atoms with Crippen LogP contribution in [0.4, 0.5) is 4.39 Å². The number of rotatable bonds is 2. The summed E-state index contributed by atoms with van der Waals surface area (Å²) in [4.78, 5) is 10.9. The van der Waals surface area contributed by atoms with Crippen LogP contribution in [0.25, 0.3) is 10.9 Å². The zero-order chi connectivity index (χ0) is 13.4. The van der Waals surface area contributed by atoms with Crippen molar-refractivity contribution in [1.29, 1.82) is 0 Å². The molecule has 1 fully saturated rings. The molecule has 0 saturated carbocycles. The Morgan fingerprint density at radius 3 is 3.00 bits per heavy atom. The maximum Gasteiger partial charge on any atom is 0.150 e. The van der Waals surface area contributed by atoms with E-state index in [-0.39, 0.29) is 11.2 Å². The van der Waals surface area contributed by atoms with Gasteiger partial charge in [-0.2, -0.15) is 5.10 Å². The van der Waals surface area contributed by atoms with E-state index in [0.29, 0.717) is 20.9 Å². The smallest absolute Gasteiger partial charge is 0.150 e. The molecule has 3 nitrogen and oxygen atoms in total. The molecular weight excluding hydrogens is 378 g/mol. The summed E-state index contributed by atoms with van der Waals surface area (Å²) in [6.07, 6.45) is 4.13. The molecule has 100 valence electrons. The number of hydrogen-bond donors (Lipinski definition) is 0. The second-order valence-electron chi connectivity index (χ2n) is 4.57. The van der Waals surface area contributed by atoms with E-state index in [1.807, 2.05) is 16.4 Å². The number of aldehydes is 1. The number of halogens is 2. The van der Waals surface area contributed by atoms with E-state index in [1.165, 1.54) is 18.9 Å². The first-order chi connectivity index (χ1) is 9.20. The zero-order valence-electron chi connectivity index (χ0n) is 10.1. The Balaban J connectivity index is 2.18. The van der Waals surface area contributed by atoms with Crippen molar-refractivity contribution >= 4 is 51.5 Å². The highest BCUT2D eigenvalue weighted by Crippen LogP contribution is 2.37. The van der Waals surface area contributed by atoms with Gasteiger partial charge in [0, 0.05) is 5.56 Å². The average molecular weight is 390 g/mol. The number of carbonyl (C=O) groups excluding carboxylic acids is 1. The van der Waals surface area contributed by atoms with E-state index in [4.69, 9.17) is 0 Å². The zero-order valence-corrected chi connectivity index (χ0v) is 13.1. The van der Waals surface area contributed by atoms with E-state index in [2.05, 4.69) is 27.7 Å². The molecule has 0 bridgehead atoms. The minimum atomic E-state index is -0.365. The van der Waals surface area contributed by atoms with Crippen molar-refractivity contribution in [1.82, 2.24) is 9.78 Å². The number of benzene rings is 1. The largest absolute Gasteiger partial charge is 0.298 e. The molecule has 19 heavy (non-hydrogen) atoms. The fraction of sp³-hybridized carbons (Fsp3) is 0.385. The van der Waals surface area contributed by atoms with Crippen LogP contribution in [0.15, 0.2) is 12.1 Å². The van der Waals surface area contributed by atoms with Gasteiger partial charge in [0.25, 0.3) is 0 Å². The Bertz CT molecular complexity index is 637. The van der Waals surface area contributed by atoms with Crippen LogP contribution in [-0.4, -0.2) is 21.8 Å². The second-order valence-corrected chi connectivity index (χ2v) is 6.88. The maximum absolute atomic E-state index is 14.1. The quantitative estimate of drug-likeness (QED) is 0.574. The van der Waals surface area contributed by atoms with Gasteiger partial charge in [-0.15, -0.1) is 11.8 Å². The standard InChI is InChI=1S/C13H12FIN2OS/c14-9-5-8(7-18)6-10-12(9)13(15)16-17(10)11-3-1-2-4-19-11/h5-7,11H,1-4H2. The van der Waals surface area contributed by atoms with E-state index >= 15 is 0 Å². The van der Waals surface area contributed by atoms with Gasteiger partial charge in [-0.05, 0) is 59.7 Å². The van der Waals surface area contributed by atoms with E-state index in [1.54, 1.807) is 6.07 Å². The molecule has 0 amide bonds. The molecule has 2 aromatic rings. The third kappa shape index (κ3) is 2.40. The molecule has 1 aliphatic heterocycles. The van der Waals surface area contributed by atoms with Gasteiger partial charge in [-0.3, -0.25) is 9.48 Å². The van der Waals surface area contributed by atoms with Crippen LogP contribution in [0.3, 0.4) is 0 Å². The van der Waals surface area contributed by atoms with Crippen molar-refractivity contribution in [2.24, 2.45) is 0 Å². The van der Waals surface area contributed by atoms with Gasteiger partial charge in [0.15, 0.2) is 0 Å². The van der Waals surface area contributed by atoms with Crippen LogP contribution in [0.1, 0.15) is 35.0 Å². The molecule has 1 aromatic carbocycles. The number of nitrogens with zero attached hydrogens (tertiary/aromatic N) is 2. The number of carbonyl (C=O) groups is 1. The second kappa shape index (κ2) is 5.40. The first-order valence-corrected chi connectivity index (χ1v) is 8.27. The van der Waals surface area contributed by atoms with E-state index < -0.39 is 0 Å². The van der Waals surface area contributed by atoms with Crippen LogP contribution < -0.4 is 0 Å². The van der Waals surface area contributed by atoms with Crippen molar-refractivity contribution in [3.63, 3.8) is 0 Å². The van der Waals surface area contributed by atoms with Gasteiger partial charge in [0.1, 0.15) is 15.8 Å². The van der Waals surface area contributed by atoms with Gasteiger partial charge in [-0.1, -0.05) is 0 Å². The monoisotopic (exact) mass is 390 g/mol. The van der Waals surface area contributed by atoms with Gasteiger partial charge in [0.05, 0.1) is 16.3 Å². The highest BCUT2D eigenvalue weighted by atomic mass is 127. The highest BCUT2D eigenvalue weighted by Gasteiger charge is 2.22. The fourth-order valence-corrected chi connectivity index (χ4v) is 4.44. The molecule has 3 rings (SSSR count). The topological polar surface area (TPSA) is 34.9 Å². The Hall–Kier alpha value is -0.630. The molecule has 0 spiro atoms. The third-order valence-corrected chi connectivity index (χ3v) is 5.40. The molecule has 6 heteroatoms. The predicted octanol–water partition coefficient (Wildman–Crippen LogP) is 4.01. The summed E-state index contributed by atoms with van der Waals surface area (Å²) in [5.74, 6) is 0.745. The van der Waals surface area contributed by atoms with Gasteiger partial charge in [-0.25, -0.2) is 4.39 Å². The minimum Gasteiger partial charge on any atom is -0.298 e. The summed E-state index contributed by atoms with van der Waals surface area (Å²) in [5, 5.41) is 5.25. The summed E-state index contributed by atoms with van der Waals surface area (Å²) < 4.78 is 16.6. The lowest BCUT2D eigenvalue weighted by Crippen LogP contribution is -2.11. The molecule has 0 radical (unpaired) electrons. The molecule has 1 saturated heterocycles. The summed E-state index contributed by atoms with van der Waals surface area (Å²) >= 11 is 3.91. The number of thioether (sulfide) groups is 1. The van der Waals surface area contributed by atoms with Gasteiger partial charge >= 0.3 is 0 Å². The number of aromatic nitrogens is 2. The molecule has 0 aliphatic carbocycles. The average Bonchev–Trinajstić information content (AvgIpc) is 2.77. The molecule has 1 unspecified atom stereocenters. The van der Waals surface area contributed by atoms with Crippen LogP contribution in [0.5, 0.6) is 0 Å². The SMILES string of the molecule is O=Cc1cc(F)c2c(I)nn(C3CCCCS3)c2c1. The molecule has 1 aliphatic rings. The van der Waals surface area contributed by atoms with Crippen LogP contribution in [0.2, 0.25) is 0 Å². The normalized spacial score (nSPS) is 19.8. The molecule has 1 atom stereocenters. The summed E-state index contributed by atoms with van der Waals surface area (Å²) in [6, 6.07) is 3.01. The number of hydrogen-bond acceptors (Lipinski definition) is 3. The summed E-state index contributed by atoms with van der Waals surface area (Å²) in [7, 11) is 0. The maximum atomic E-state index is 14.1. The minimum absolute atomic E-state index is 0.251. The lowest BCUT2D eigenvalue weighted by Gasteiger charge is -2.22. The predicted molar refractivity (Wildman–Crippen MR) is 83.1 cm³/mol. The van der Waals surface area contributed by atoms with Crippen LogP contribution in [0, 0.1) is 9.52 Å². The molecule has 1 aromatic heterocycles. The van der Waals surface area contributed by atoms with Crippen molar-refractivity contribution in [3.05, 3.63) is 27.2 Å². The van der Waals surface area contributed by atoms with Crippen molar-refractivity contribution in [2.75, 3.05) is 5.75 Å². The van der Waals surface area contributed by atoms with Crippen molar-refractivity contribution in [2.45, 2.75) is 24.6 Å². The molecular formula is C13H12FIN2OS. The Morgan fingerprint density at radius 2 is 2.32 bits per heavy atom. The van der Waals surface area contributed by atoms with Crippen molar-refractivity contribution in [3.8, 4) is 0 Å². The lowest BCUT2D eigenvalue weighted by atomic mass is 10.1. The number of fused-ring (bicyclic) bond motifs is 1. The molecule has 0 N–H and O–H groups in total. The van der Waals surface area contributed by atoms with Crippen LogP contribution in [-0.2, 0) is 0 Å². The fourth-order valence-electron chi connectivity index (χ4n) is 2.40. The van der Waals surface area contributed by atoms with E-state index in [9.17, 15) is 9.18 Å². The Labute approximate surface area is 128 Å². The van der Waals surface area contributed by atoms with Crippen molar-refractivity contribution < 1.29 is 9.18 Å². The highest BCUT2D eigenvalue weighted by molar-refractivity contribution is 14.1. The lowest BCUT2D eigenvalue weighted by molar-refractivity contribution is 0.112. The summed E-state index contributed by atoms with van der Waals surface area (Å²) in [6.45, 7) is 0. The van der Waals surface area contributed by atoms with E-state index in [0.717, 1.165) is 17.7 Å². The van der Waals surface area contributed by atoms with Gasteiger partial charge in [0.2, 0.25) is 0 Å². The Kier molecular flexibility index (Phi) is 3.79.